The van der Waals surface area contributed by atoms with Crippen molar-refractivity contribution in [1.29, 1.82) is 0 Å². The number of hydrogen-bond acceptors (Lipinski definition) is 3. The van der Waals surface area contributed by atoms with E-state index < -0.39 is 0 Å². The van der Waals surface area contributed by atoms with Gasteiger partial charge in [0.05, 0.1) is 18.1 Å². The van der Waals surface area contributed by atoms with Crippen LogP contribution in [0.25, 0.3) is 11.1 Å². The molecule has 2 heterocycles. The quantitative estimate of drug-likeness (QED) is 0.797. The maximum Gasteiger partial charge on any atom is 0.227 e. The number of rotatable bonds is 6. The molecule has 0 spiro atoms. The summed E-state index contributed by atoms with van der Waals surface area (Å²) in [7, 11) is 0. The lowest BCUT2D eigenvalue weighted by Gasteiger charge is -2.44. The molecule has 3 N–H and O–H groups in total. The second-order valence-electron chi connectivity index (χ2n) is 8.07. The number of nitrogens with two attached hydrogens (primary N) is 1. The van der Waals surface area contributed by atoms with Crippen LogP contribution in [-0.2, 0) is 9.53 Å². The molecule has 0 aromatic heterocycles. The number of ether oxygens (including phenoxy) is 1. The molecule has 5 rings (SSSR count). The molecule has 2 aliphatic heterocycles. The van der Waals surface area contributed by atoms with E-state index in [4.69, 9.17) is 22.1 Å². The summed E-state index contributed by atoms with van der Waals surface area (Å²) in [6, 6.07) is 15.8. The van der Waals surface area contributed by atoms with Gasteiger partial charge >= 0.3 is 0 Å². The third kappa shape index (κ3) is 3.38. The van der Waals surface area contributed by atoms with E-state index in [0.29, 0.717) is 19.7 Å². The number of hydrogen-bond donors (Lipinski definition) is 2. The van der Waals surface area contributed by atoms with Crippen molar-refractivity contribution in [3.8, 4) is 11.1 Å². The number of fused-ring (bicyclic) bond motifs is 1. The van der Waals surface area contributed by atoms with Gasteiger partial charge in [0, 0.05) is 29.1 Å². The molecule has 2 saturated heterocycles. The van der Waals surface area contributed by atoms with E-state index in [0.717, 1.165) is 34.6 Å². The van der Waals surface area contributed by atoms with Gasteiger partial charge < -0.3 is 15.8 Å². The van der Waals surface area contributed by atoms with Crippen molar-refractivity contribution < 1.29 is 9.53 Å². The first-order valence-electron chi connectivity index (χ1n) is 9.43. The van der Waals surface area contributed by atoms with Gasteiger partial charge in [-0.3, -0.25) is 4.79 Å². The summed E-state index contributed by atoms with van der Waals surface area (Å²) in [4.78, 5) is 12.6. The third-order valence-corrected chi connectivity index (χ3v) is 6.41. The Labute approximate surface area is 165 Å². The second-order valence-corrected chi connectivity index (χ2v) is 8.48. The van der Waals surface area contributed by atoms with Crippen molar-refractivity contribution in [1.82, 2.24) is 5.32 Å². The fourth-order valence-electron chi connectivity index (χ4n) is 4.43. The molecule has 2 aromatic rings. The predicted octanol–water partition coefficient (Wildman–Crippen LogP) is 3.73. The molecule has 2 bridgehead atoms. The van der Waals surface area contributed by atoms with Crippen LogP contribution in [0, 0.1) is 5.41 Å². The van der Waals surface area contributed by atoms with Gasteiger partial charge in [-0.05, 0) is 37.0 Å². The Morgan fingerprint density at radius 1 is 1.22 bits per heavy atom. The Morgan fingerprint density at radius 3 is 2.56 bits per heavy atom. The fraction of sp³-hybridized carbons (Fsp3) is 0.409. The van der Waals surface area contributed by atoms with Crippen molar-refractivity contribution in [3.63, 3.8) is 0 Å². The normalized spacial score (nSPS) is 27.1. The van der Waals surface area contributed by atoms with E-state index in [9.17, 15) is 4.79 Å². The zero-order valence-electron chi connectivity index (χ0n) is 15.5. The Hall–Kier alpha value is -1.88. The number of halogens is 1. The molecule has 1 saturated carbocycles. The van der Waals surface area contributed by atoms with E-state index in [1.807, 2.05) is 55.5 Å². The topological polar surface area (TPSA) is 64.3 Å². The van der Waals surface area contributed by atoms with Crippen molar-refractivity contribution in [2.24, 2.45) is 11.1 Å². The average Bonchev–Trinajstić information content (AvgIpc) is 3.22. The standard InChI is InChI=1S/C22H25ClN2O2/c1-15(20(26)25-13-21-10-22(11-21,12-24)27-14-21)16-6-8-17(9-7-16)18-4-2-3-5-19(18)23/h2-9,15H,10-14,24H2,1H3,(H,25,26). The number of carbonyl (C=O) groups is 1. The molecule has 4 nitrogen and oxygen atoms in total. The van der Waals surface area contributed by atoms with Gasteiger partial charge in [-0.1, -0.05) is 54.1 Å². The van der Waals surface area contributed by atoms with Gasteiger partial charge in [0.15, 0.2) is 0 Å². The molecule has 1 atom stereocenters. The third-order valence-electron chi connectivity index (χ3n) is 6.08. The molecule has 0 radical (unpaired) electrons. The molecular formula is C22H25ClN2O2. The Bertz CT molecular complexity index is 844. The van der Waals surface area contributed by atoms with E-state index in [2.05, 4.69) is 5.32 Å². The minimum Gasteiger partial charge on any atom is -0.373 e. The smallest absolute Gasteiger partial charge is 0.227 e. The highest BCUT2D eigenvalue weighted by Gasteiger charge is 2.61. The molecule has 1 unspecified atom stereocenters. The van der Waals surface area contributed by atoms with Crippen LogP contribution in [0.2, 0.25) is 5.02 Å². The van der Waals surface area contributed by atoms with Gasteiger partial charge in [0.1, 0.15) is 0 Å². The molecule has 5 heteroatoms. The number of benzene rings is 2. The van der Waals surface area contributed by atoms with Crippen LogP contribution in [0.1, 0.15) is 31.2 Å². The summed E-state index contributed by atoms with van der Waals surface area (Å²) < 4.78 is 5.82. The van der Waals surface area contributed by atoms with E-state index in [1.165, 1.54) is 0 Å². The summed E-state index contributed by atoms with van der Waals surface area (Å²) in [6.45, 7) is 3.87. The monoisotopic (exact) mass is 384 g/mol. The maximum absolute atomic E-state index is 12.6. The molecule has 1 amide bonds. The molecule has 3 aliphatic rings. The number of carbonyl (C=O) groups excluding carboxylic acids is 1. The second kappa shape index (κ2) is 6.93. The van der Waals surface area contributed by atoms with Crippen LogP contribution >= 0.6 is 11.6 Å². The first-order valence-corrected chi connectivity index (χ1v) is 9.80. The van der Waals surface area contributed by atoms with E-state index in [1.54, 1.807) is 0 Å². The number of nitrogens with one attached hydrogen (secondary N) is 1. The first kappa shape index (κ1) is 18.5. The average molecular weight is 385 g/mol. The van der Waals surface area contributed by atoms with Crippen molar-refractivity contribution in [3.05, 3.63) is 59.1 Å². The Kier molecular flexibility index (Phi) is 4.75. The predicted molar refractivity (Wildman–Crippen MR) is 108 cm³/mol. The highest BCUT2D eigenvalue weighted by molar-refractivity contribution is 6.33. The van der Waals surface area contributed by atoms with Crippen LogP contribution in [0.3, 0.4) is 0 Å². The van der Waals surface area contributed by atoms with Crippen LogP contribution in [0.5, 0.6) is 0 Å². The lowest BCUT2D eigenvalue weighted by molar-refractivity contribution is -0.123. The molecule has 142 valence electrons. The van der Waals surface area contributed by atoms with Gasteiger partial charge in [-0.2, -0.15) is 0 Å². The van der Waals surface area contributed by atoms with Crippen LogP contribution in [0.15, 0.2) is 48.5 Å². The molecular weight excluding hydrogens is 360 g/mol. The summed E-state index contributed by atoms with van der Waals surface area (Å²) in [5, 5.41) is 3.84. The zero-order chi connectivity index (χ0) is 19.1. The van der Waals surface area contributed by atoms with Crippen molar-refractivity contribution in [2.45, 2.75) is 31.3 Å². The minimum atomic E-state index is -0.205. The van der Waals surface area contributed by atoms with Crippen LogP contribution < -0.4 is 11.1 Å². The highest BCUT2D eigenvalue weighted by atomic mass is 35.5. The fourth-order valence-corrected chi connectivity index (χ4v) is 4.68. The molecule has 2 aromatic carbocycles. The Balaban J connectivity index is 1.37. The van der Waals surface area contributed by atoms with Crippen LogP contribution in [-0.4, -0.2) is 31.2 Å². The van der Waals surface area contributed by atoms with Gasteiger partial charge in [-0.25, -0.2) is 0 Å². The lowest BCUT2D eigenvalue weighted by Crippen LogP contribution is -2.53. The molecule has 3 fully saturated rings. The van der Waals surface area contributed by atoms with Crippen LogP contribution in [0.4, 0.5) is 0 Å². The summed E-state index contributed by atoms with van der Waals surface area (Å²) >= 11 is 6.27. The van der Waals surface area contributed by atoms with E-state index in [-0.39, 0.29) is 22.8 Å². The van der Waals surface area contributed by atoms with Crippen molar-refractivity contribution >= 4 is 17.5 Å². The van der Waals surface area contributed by atoms with Gasteiger partial charge in [0.2, 0.25) is 5.91 Å². The largest absolute Gasteiger partial charge is 0.373 e. The summed E-state index contributed by atoms with van der Waals surface area (Å²) in [5.41, 5.74) is 8.79. The van der Waals surface area contributed by atoms with Gasteiger partial charge in [-0.15, -0.1) is 0 Å². The molecule has 1 aliphatic carbocycles. The van der Waals surface area contributed by atoms with Gasteiger partial charge in [0.25, 0.3) is 0 Å². The lowest BCUT2D eigenvalue weighted by atomic mass is 9.62. The summed E-state index contributed by atoms with van der Waals surface area (Å²) in [6.07, 6.45) is 1.91. The SMILES string of the molecule is CC(C(=O)NCC12COC(CN)(C1)C2)c1ccc(-c2ccccc2Cl)cc1. The first-order chi connectivity index (χ1) is 13.0. The summed E-state index contributed by atoms with van der Waals surface area (Å²) in [5.74, 6) is -0.157. The highest BCUT2D eigenvalue weighted by Crippen LogP contribution is 2.56. The number of amides is 1. The van der Waals surface area contributed by atoms with E-state index >= 15 is 0 Å². The minimum absolute atomic E-state index is 0.0482. The zero-order valence-corrected chi connectivity index (χ0v) is 16.3. The molecule has 27 heavy (non-hydrogen) atoms. The van der Waals surface area contributed by atoms with Crippen molar-refractivity contribution in [2.75, 3.05) is 19.7 Å². The maximum atomic E-state index is 12.6. The Morgan fingerprint density at radius 2 is 1.93 bits per heavy atom.